The Labute approximate surface area is 120 Å². The van der Waals surface area contributed by atoms with Crippen LogP contribution >= 0.6 is 0 Å². The molecule has 1 aliphatic rings. The second-order valence-electron chi connectivity index (χ2n) is 6.08. The van der Waals surface area contributed by atoms with E-state index in [2.05, 4.69) is 18.7 Å². The van der Waals surface area contributed by atoms with Gasteiger partial charge in [0.05, 0.1) is 0 Å². The second-order valence-corrected chi connectivity index (χ2v) is 6.08. The lowest BCUT2D eigenvalue weighted by Gasteiger charge is -2.35. The first kappa shape index (κ1) is 15.4. The number of benzene rings is 1. The van der Waals surface area contributed by atoms with Crippen molar-refractivity contribution in [1.82, 2.24) is 4.90 Å². The largest absolute Gasteiger partial charge is 0.324 e. The summed E-state index contributed by atoms with van der Waals surface area (Å²) in [5.41, 5.74) is 6.29. The molecule has 0 amide bonds. The number of hydrogen-bond acceptors (Lipinski definition) is 2. The van der Waals surface area contributed by atoms with Crippen LogP contribution in [-0.4, -0.2) is 24.5 Å². The highest BCUT2D eigenvalue weighted by atomic mass is 19.2. The van der Waals surface area contributed by atoms with Crippen LogP contribution in [0.3, 0.4) is 0 Å². The van der Waals surface area contributed by atoms with Gasteiger partial charge < -0.3 is 10.6 Å². The molecule has 3 atom stereocenters. The maximum Gasteiger partial charge on any atom is 0.163 e. The molecule has 1 fully saturated rings. The molecular formula is C16H24F2N2. The van der Waals surface area contributed by atoms with Crippen molar-refractivity contribution in [3.05, 3.63) is 35.4 Å². The van der Waals surface area contributed by atoms with E-state index < -0.39 is 17.7 Å². The Bertz CT molecular complexity index is 450. The van der Waals surface area contributed by atoms with Gasteiger partial charge in [-0.15, -0.1) is 0 Å². The summed E-state index contributed by atoms with van der Waals surface area (Å²) in [6.45, 7) is 7.54. The first-order chi connectivity index (χ1) is 9.49. The van der Waals surface area contributed by atoms with Crippen LogP contribution < -0.4 is 5.73 Å². The van der Waals surface area contributed by atoms with Gasteiger partial charge in [0.2, 0.25) is 0 Å². The topological polar surface area (TPSA) is 29.3 Å². The number of nitrogens with two attached hydrogens (primary N) is 1. The molecule has 1 heterocycles. The molecule has 4 heteroatoms. The van der Waals surface area contributed by atoms with Gasteiger partial charge in [0.15, 0.2) is 11.6 Å². The molecule has 1 aromatic carbocycles. The molecule has 1 aliphatic heterocycles. The highest BCUT2D eigenvalue weighted by Crippen LogP contribution is 2.24. The lowest BCUT2D eigenvalue weighted by Crippen LogP contribution is -2.39. The summed E-state index contributed by atoms with van der Waals surface area (Å²) in [6, 6.07) is 3.77. The van der Waals surface area contributed by atoms with Crippen molar-refractivity contribution in [1.29, 1.82) is 0 Å². The normalized spacial score (nSPS) is 25.6. The second kappa shape index (κ2) is 6.64. The molecule has 0 bridgehead atoms. The van der Waals surface area contributed by atoms with Crippen molar-refractivity contribution < 1.29 is 8.78 Å². The van der Waals surface area contributed by atoms with E-state index in [-0.39, 0.29) is 5.56 Å². The Hall–Kier alpha value is -1.00. The van der Waals surface area contributed by atoms with E-state index in [1.165, 1.54) is 12.5 Å². The molecule has 0 radical (unpaired) electrons. The van der Waals surface area contributed by atoms with Gasteiger partial charge >= 0.3 is 0 Å². The lowest BCUT2D eigenvalue weighted by atomic mass is 9.88. The van der Waals surface area contributed by atoms with E-state index in [1.54, 1.807) is 6.07 Å². The van der Waals surface area contributed by atoms with E-state index in [0.29, 0.717) is 12.3 Å². The van der Waals surface area contributed by atoms with Crippen LogP contribution in [0.2, 0.25) is 0 Å². The van der Waals surface area contributed by atoms with Crippen LogP contribution in [0, 0.1) is 23.5 Å². The number of hydrogen-bond donors (Lipinski definition) is 1. The minimum absolute atomic E-state index is 0.281. The van der Waals surface area contributed by atoms with E-state index in [9.17, 15) is 8.78 Å². The number of nitrogens with zero attached hydrogens (tertiary/aromatic N) is 1. The minimum atomic E-state index is -0.821. The molecule has 2 nitrogen and oxygen atoms in total. The summed E-state index contributed by atoms with van der Waals surface area (Å²) >= 11 is 0. The molecule has 3 unspecified atom stereocenters. The Balaban J connectivity index is 1.89. The summed E-state index contributed by atoms with van der Waals surface area (Å²) in [5, 5.41) is 0. The zero-order valence-electron chi connectivity index (χ0n) is 12.3. The first-order valence-corrected chi connectivity index (χ1v) is 7.41. The quantitative estimate of drug-likeness (QED) is 0.918. The molecule has 112 valence electrons. The third kappa shape index (κ3) is 3.55. The summed E-state index contributed by atoms with van der Waals surface area (Å²) in [6.07, 6.45) is 1.85. The molecule has 0 spiro atoms. The van der Waals surface area contributed by atoms with Gasteiger partial charge in [0.25, 0.3) is 0 Å². The zero-order valence-corrected chi connectivity index (χ0v) is 12.3. The smallest absolute Gasteiger partial charge is 0.163 e. The maximum absolute atomic E-state index is 13.7. The van der Waals surface area contributed by atoms with Gasteiger partial charge in [-0.1, -0.05) is 26.0 Å². The average molecular weight is 282 g/mol. The fourth-order valence-electron chi connectivity index (χ4n) is 2.84. The van der Waals surface area contributed by atoms with Gasteiger partial charge in [-0.25, -0.2) is 8.78 Å². The molecule has 2 N–H and O–H groups in total. The maximum atomic E-state index is 13.7. The van der Waals surface area contributed by atoms with E-state index >= 15 is 0 Å². The fraction of sp³-hybridized carbons (Fsp3) is 0.625. The highest BCUT2D eigenvalue weighted by molar-refractivity contribution is 5.22. The van der Waals surface area contributed by atoms with Crippen molar-refractivity contribution in [2.24, 2.45) is 17.6 Å². The predicted octanol–water partition coefficient (Wildman–Crippen LogP) is 3.33. The zero-order chi connectivity index (χ0) is 14.7. The lowest BCUT2D eigenvalue weighted by molar-refractivity contribution is 0.135. The van der Waals surface area contributed by atoms with Gasteiger partial charge in [-0.2, -0.15) is 0 Å². The molecule has 0 saturated carbocycles. The Morgan fingerprint density at radius 3 is 2.75 bits per heavy atom. The molecule has 1 saturated heterocycles. The molecule has 2 rings (SSSR count). The number of piperidine rings is 1. The fourth-order valence-corrected chi connectivity index (χ4v) is 2.84. The molecule has 1 aromatic rings. The van der Waals surface area contributed by atoms with Crippen LogP contribution in [0.25, 0.3) is 0 Å². The Morgan fingerprint density at radius 2 is 2.05 bits per heavy atom. The molecular weight excluding hydrogens is 258 g/mol. The summed E-state index contributed by atoms with van der Waals surface area (Å²) in [5.74, 6) is -0.175. The SMILES string of the molecule is CC1CCN(CCC(N)c2cccc(F)c2F)CC1C. The first-order valence-electron chi connectivity index (χ1n) is 7.41. The van der Waals surface area contributed by atoms with Crippen LogP contribution in [-0.2, 0) is 0 Å². The number of likely N-dealkylation sites (tertiary alicyclic amines) is 1. The molecule has 0 aliphatic carbocycles. The summed E-state index contributed by atoms with van der Waals surface area (Å²) < 4.78 is 26.9. The van der Waals surface area contributed by atoms with Gasteiger partial charge in [0.1, 0.15) is 0 Å². The molecule has 20 heavy (non-hydrogen) atoms. The summed E-state index contributed by atoms with van der Waals surface area (Å²) in [7, 11) is 0. The number of halogens is 2. The highest BCUT2D eigenvalue weighted by Gasteiger charge is 2.23. The minimum Gasteiger partial charge on any atom is -0.324 e. The standard InChI is InChI=1S/C16H24F2N2/c1-11-6-8-20(10-12(11)2)9-7-15(19)13-4-3-5-14(17)16(13)18/h3-5,11-12,15H,6-10,19H2,1-2H3. The van der Waals surface area contributed by atoms with Crippen molar-refractivity contribution in [2.75, 3.05) is 19.6 Å². The average Bonchev–Trinajstić information content (AvgIpc) is 2.43. The van der Waals surface area contributed by atoms with Crippen LogP contribution in [0.4, 0.5) is 8.78 Å². The monoisotopic (exact) mass is 282 g/mol. The Kier molecular flexibility index (Phi) is 5.11. The van der Waals surface area contributed by atoms with Crippen LogP contribution in [0.15, 0.2) is 18.2 Å². The number of rotatable bonds is 4. The third-order valence-electron chi connectivity index (χ3n) is 4.56. The van der Waals surface area contributed by atoms with E-state index in [4.69, 9.17) is 5.73 Å². The molecule has 0 aromatic heterocycles. The van der Waals surface area contributed by atoms with Gasteiger partial charge in [-0.3, -0.25) is 0 Å². The third-order valence-corrected chi connectivity index (χ3v) is 4.56. The van der Waals surface area contributed by atoms with E-state index in [0.717, 1.165) is 31.6 Å². The van der Waals surface area contributed by atoms with E-state index in [1.807, 2.05) is 0 Å². The van der Waals surface area contributed by atoms with Crippen molar-refractivity contribution >= 4 is 0 Å². The van der Waals surface area contributed by atoms with Crippen molar-refractivity contribution in [2.45, 2.75) is 32.7 Å². The Morgan fingerprint density at radius 1 is 1.30 bits per heavy atom. The van der Waals surface area contributed by atoms with Crippen LogP contribution in [0.1, 0.15) is 38.3 Å². The van der Waals surface area contributed by atoms with Crippen molar-refractivity contribution in [3.8, 4) is 0 Å². The van der Waals surface area contributed by atoms with Gasteiger partial charge in [-0.05, 0) is 43.8 Å². The summed E-state index contributed by atoms with van der Waals surface area (Å²) in [4.78, 5) is 2.38. The van der Waals surface area contributed by atoms with Crippen LogP contribution in [0.5, 0.6) is 0 Å². The van der Waals surface area contributed by atoms with Gasteiger partial charge in [0, 0.05) is 18.2 Å². The van der Waals surface area contributed by atoms with Crippen molar-refractivity contribution in [3.63, 3.8) is 0 Å². The predicted molar refractivity (Wildman–Crippen MR) is 77.3 cm³/mol.